The van der Waals surface area contributed by atoms with Crippen LogP contribution in [0.1, 0.15) is 23.1 Å². The van der Waals surface area contributed by atoms with Crippen molar-refractivity contribution in [2.45, 2.75) is 12.8 Å². The van der Waals surface area contributed by atoms with E-state index in [1.54, 1.807) is 0 Å². The summed E-state index contributed by atoms with van der Waals surface area (Å²) in [6.07, 6.45) is 6.59. The SMILES string of the molecule is N#Cc1ccc2c3cc(-c4c5c(c(-c6nc7cc8ccccc8cc7c7c6ccc6ccccc67)c6ccccc46)CCC=C5)ccc3n(-c3ccccc3)c2c1. The number of aromatic nitrogens is 2. The molecule has 2 aromatic heterocycles. The molecule has 0 spiro atoms. The molecule has 57 heavy (non-hydrogen) atoms. The zero-order valence-corrected chi connectivity index (χ0v) is 31.0. The van der Waals surface area contributed by atoms with E-state index in [0.717, 1.165) is 46.2 Å². The summed E-state index contributed by atoms with van der Waals surface area (Å²) in [6.45, 7) is 0. The van der Waals surface area contributed by atoms with Crippen LogP contribution in [0, 0.1) is 11.3 Å². The van der Waals surface area contributed by atoms with Crippen molar-refractivity contribution in [3.05, 3.63) is 187 Å². The predicted octanol–water partition coefficient (Wildman–Crippen LogP) is 14.1. The van der Waals surface area contributed by atoms with Gasteiger partial charge in [-0.1, -0.05) is 127 Å². The molecular weight excluding hydrogens is 691 g/mol. The molecule has 0 fully saturated rings. The number of benzene rings is 9. The first-order valence-electron chi connectivity index (χ1n) is 19.7. The fraction of sp³-hybridized carbons (Fsp3) is 0.0370. The molecule has 0 atom stereocenters. The Morgan fingerprint density at radius 1 is 0.526 bits per heavy atom. The number of fused-ring (bicyclic) bond motifs is 11. The first kappa shape index (κ1) is 31.8. The Labute approximate surface area is 329 Å². The molecule has 1 aliphatic carbocycles. The van der Waals surface area contributed by atoms with Crippen molar-refractivity contribution in [2.24, 2.45) is 0 Å². The molecule has 12 rings (SSSR count). The van der Waals surface area contributed by atoms with Crippen molar-refractivity contribution in [3.8, 4) is 34.1 Å². The van der Waals surface area contributed by atoms with Gasteiger partial charge in [0.25, 0.3) is 0 Å². The second-order valence-electron chi connectivity index (χ2n) is 15.3. The first-order chi connectivity index (χ1) is 28.2. The van der Waals surface area contributed by atoms with Crippen LogP contribution >= 0.6 is 0 Å². The standard InChI is InChI=1S/C54H33N3/c55-32-33-22-25-40-46-30-37(24-27-49(46)57(50(40)28-33)38-15-2-1-3-16-38)51-41-18-8-10-20-43(41)53(44-21-11-9-19-42(44)51)54-45-26-23-34-12-6-7-17-39(34)52(45)47-29-35-13-4-5-14-36(35)31-48(47)56-54/h1-10,12-20,22-31H,11,21H2. The number of para-hydroxylation sites is 1. The van der Waals surface area contributed by atoms with E-state index < -0.39 is 0 Å². The Kier molecular flexibility index (Phi) is 6.82. The third-order valence-corrected chi connectivity index (χ3v) is 12.2. The Bertz CT molecular complexity index is 3580. The molecule has 0 bridgehead atoms. The van der Waals surface area contributed by atoms with Crippen LogP contribution in [0.25, 0.3) is 110 Å². The van der Waals surface area contributed by atoms with E-state index in [1.807, 2.05) is 18.2 Å². The highest BCUT2D eigenvalue weighted by molar-refractivity contribution is 6.25. The Morgan fingerprint density at radius 2 is 1.25 bits per heavy atom. The van der Waals surface area contributed by atoms with E-state index in [-0.39, 0.29) is 0 Å². The zero-order valence-electron chi connectivity index (χ0n) is 31.0. The molecule has 3 nitrogen and oxygen atoms in total. The van der Waals surface area contributed by atoms with Crippen LogP contribution in [0.3, 0.4) is 0 Å². The summed E-state index contributed by atoms with van der Waals surface area (Å²) in [5.41, 5.74) is 12.2. The monoisotopic (exact) mass is 723 g/mol. The lowest BCUT2D eigenvalue weighted by atomic mass is 9.80. The maximum absolute atomic E-state index is 9.87. The number of hydrogen-bond acceptors (Lipinski definition) is 2. The van der Waals surface area contributed by atoms with Gasteiger partial charge in [0.05, 0.1) is 33.9 Å². The third-order valence-electron chi connectivity index (χ3n) is 12.2. The maximum atomic E-state index is 9.87. The lowest BCUT2D eigenvalue weighted by Gasteiger charge is -2.24. The normalized spacial score (nSPS) is 12.7. The lowest BCUT2D eigenvalue weighted by Crippen LogP contribution is -2.04. The van der Waals surface area contributed by atoms with Gasteiger partial charge in [0.1, 0.15) is 0 Å². The number of hydrogen-bond donors (Lipinski definition) is 0. The lowest BCUT2D eigenvalue weighted by molar-refractivity contribution is 0.990. The highest BCUT2D eigenvalue weighted by Gasteiger charge is 2.25. The fourth-order valence-corrected chi connectivity index (χ4v) is 9.72. The van der Waals surface area contributed by atoms with E-state index in [4.69, 9.17) is 4.98 Å². The van der Waals surface area contributed by atoms with Crippen LogP contribution in [0.2, 0.25) is 0 Å². The van der Waals surface area contributed by atoms with E-state index in [2.05, 4.69) is 168 Å². The quantitative estimate of drug-likeness (QED) is 0.135. The van der Waals surface area contributed by atoms with Gasteiger partial charge in [-0.05, 0) is 116 Å². The van der Waals surface area contributed by atoms with Crippen LogP contribution in [-0.2, 0) is 6.42 Å². The number of pyridine rings is 1. The van der Waals surface area contributed by atoms with Gasteiger partial charge in [0.15, 0.2) is 0 Å². The van der Waals surface area contributed by atoms with Gasteiger partial charge in [-0.15, -0.1) is 0 Å². The van der Waals surface area contributed by atoms with Gasteiger partial charge in [-0.2, -0.15) is 5.26 Å². The number of rotatable bonds is 3. The highest BCUT2D eigenvalue weighted by atomic mass is 15.0. The van der Waals surface area contributed by atoms with Crippen LogP contribution in [0.4, 0.5) is 0 Å². The third kappa shape index (κ3) is 4.68. The minimum atomic E-state index is 0.652. The molecule has 0 saturated heterocycles. The summed E-state index contributed by atoms with van der Waals surface area (Å²) in [5, 5.41) is 23.1. The Hall–Kier alpha value is -7.54. The summed E-state index contributed by atoms with van der Waals surface area (Å²) in [7, 11) is 0. The van der Waals surface area contributed by atoms with Crippen molar-refractivity contribution in [3.63, 3.8) is 0 Å². The largest absolute Gasteiger partial charge is 0.309 e. The van der Waals surface area contributed by atoms with E-state index >= 15 is 0 Å². The second kappa shape index (κ2) is 12.2. The minimum Gasteiger partial charge on any atom is -0.309 e. The molecule has 0 aliphatic heterocycles. The predicted molar refractivity (Wildman–Crippen MR) is 239 cm³/mol. The van der Waals surface area contributed by atoms with E-state index in [9.17, 15) is 5.26 Å². The van der Waals surface area contributed by atoms with Crippen LogP contribution < -0.4 is 0 Å². The zero-order chi connectivity index (χ0) is 37.6. The average molecular weight is 724 g/mol. The molecule has 11 aromatic rings. The first-order valence-corrected chi connectivity index (χ1v) is 19.7. The van der Waals surface area contributed by atoms with Crippen molar-refractivity contribution in [1.82, 2.24) is 9.55 Å². The Morgan fingerprint density at radius 3 is 2.07 bits per heavy atom. The maximum Gasteiger partial charge on any atom is 0.0992 e. The van der Waals surface area contributed by atoms with Gasteiger partial charge >= 0.3 is 0 Å². The molecule has 0 saturated carbocycles. The summed E-state index contributed by atoms with van der Waals surface area (Å²) in [6, 6.07) is 61.3. The molecule has 0 amide bonds. The van der Waals surface area contributed by atoms with Crippen molar-refractivity contribution < 1.29 is 0 Å². The van der Waals surface area contributed by atoms with Gasteiger partial charge in [-0.25, -0.2) is 4.98 Å². The highest BCUT2D eigenvalue weighted by Crippen LogP contribution is 2.48. The molecule has 1 aliphatic rings. The van der Waals surface area contributed by atoms with Gasteiger partial charge < -0.3 is 4.57 Å². The van der Waals surface area contributed by atoms with Crippen LogP contribution in [0.15, 0.2) is 170 Å². The number of nitrogens with zero attached hydrogens (tertiary/aromatic N) is 3. The summed E-state index contributed by atoms with van der Waals surface area (Å²) in [4.78, 5) is 5.66. The second-order valence-corrected chi connectivity index (χ2v) is 15.3. The van der Waals surface area contributed by atoms with Gasteiger partial charge in [0.2, 0.25) is 0 Å². The smallest absolute Gasteiger partial charge is 0.0992 e. The van der Waals surface area contributed by atoms with E-state index in [1.165, 1.54) is 81.7 Å². The molecule has 3 heteroatoms. The average Bonchev–Trinajstić information content (AvgIpc) is 3.60. The van der Waals surface area contributed by atoms with E-state index in [0.29, 0.717) is 5.56 Å². The summed E-state index contributed by atoms with van der Waals surface area (Å²) < 4.78 is 2.29. The fourth-order valence-electron chi connectivity index (χ4n) is 9.72. The molecule has 0 radical (unpaired) electrons. The summed E-state index contributed by atoms with van der Waals surface area (Å²) >= 11 is 0. The molecule has 0 unspecified atom stereocenters. The van der Waals surface area contributed by atoms with Gasteiger partial charge in [0, 0.05) is 38.2 Å². The van der Waals surface area contributed by atoms with Gasteiger partial charge in [-0.3, -0.25) is 0 Å². The van der Waals surface area contributed by atoms with Crippen molar-refractivity contribution >= 4 is 81.9 Å². The molecule has 2 heterocycles. The summed E-state index contributed by atoms with van der Waals surface area (Å²) in [5.74, 6) is 0. The molecular formula is C54H33N3. The minimum absolute atomic E-state index is 0.652. The van der Waals surface area contributed by atoms with Crippen molar-refractivity contribution in [2.75, 3.05) is 0 Å². The van der Waals surface area contributed by atoms with Crippen LogP contribution in [0.5, 0.6) is 0 Å². The van der Waals surface area contributed by atoms with Crippen LogP contribution in [-0.4, -0.2) is 9.55 Å². The molecule has 9 aromatic carbocycles. The molecule has 264 valence electrons. The molecule has 0 N–H and O–H groups in total. The van der Waals surface area contributed by atoms with Crippen molar-refractivity contribution in [1.29, 1.82) is 5.26 Å². The Balaban J connectivity index is 1.18. The number of allylic oxidation sites excluding steroid dienone is 1. The topological polar surface area (TPSA) is 41.6 Å². The number of nitriles is 1.